The molecule has 1 saturated heterocycles. The van der Waals surface area contributed by atoms with Gasteiger partial charge < -0.3 is 10.2 Å². The van der Waals surface area contributed by atoms with Crippen LogP contribution in [-0.4, -0.2) is 35.8 Å². The molecule has 0 bridgehead atoms. The Kier molecular flexibility index (Phi) is 4.17. The summed E-state index contributed by atoms with van der Waals surface area (Å²) >= 11 is 0. The molecule has 0 spiro atoms. The zero-order valence-corrected chi connectivity index (χ0v) is 9.17. The molecule has 1 fully saturated rings. The highest BCUT2D eigenvalue weighted by atomic mass is 16.2. The second-order valence-corrected chi connectivity index (χ2v) is 3.41. The van der Waals surface area contributed by atoms with E-state index in [1.165, 1.54) is 0 Å². The first-order valence-electron chi connectivity index (χ1n) is 5.17. The van der Waals surface area contributed by atoms with E-state index in [1.54, 1.807) is 11.8 Å². The lowest BCUT2D eigenvalue weighted by atomic mass is 10.1. The van der Waals surface area contributed by atoms with E-state index in [4.69, 9.17) is 0 Å². The van der Waals surface area contributed by atoms with Crippen LogP contribution in [0.25, 0.3) is 0 Å². The second kappa shape index (κ2) is 5.40. The first-order valence-corrected chi connectivity index (χ1v) is 5.17. The molecule has 4 nitrogen and oxygen atoms in total. The zero-order chi connectivity index (χ0) is 11.3. The average molecular weight is 208 g/mol. The second-order valence-electron chi connectivity index (χ2n) is 3.41. The maximum atomic E-state index is 11.6. The molecule has 15 heavy (non-hydrogen) atoms. The molecule has 1 aliphatic rings. The standard InChI is InChI=1S/C11H16N2O2/c1-3-5-6-7-13-9(4-2)11(15)12-8-10(13)14/h9H,4,6-8H2,1-2H3,(H,12,15). The van der Waals surface area contributed by atoms with Crippen LogP contribution in [0.5, 0.6) is 0 Å². The molecule has 0 saturated carbocycles. The lowest BCUT2D eigenvalue weighted by molar-refractivity contribution is -0.145. The van der Waals surface area contributed by atoms with Crippen molar-refractivity contribution in [2.24, 2.45) is 0 Å². The summed E-state index contributed by atoms with van der Waals surface area (Å²) in [6, 6.07) is -0.315. The number of amides is 2. The number of rotatable bonds is 3. The quantitative estimate of drug-likeness (QED) is 0.670. The largest absolute Gasteiger partial charge is 0.345 e. The highest BCUT2D eigenvalue weighted by Crippen LogP contribution is 2.09. The van der Waals surface area contributed by atoms with Crippen LogP contribution in [0.2, 0.25) is 0 Å². The van der Waals surface area contributed by atoms with Crippen LogP contribution < -0.4 is 5.32 Å². The monoisotopic (exact) mass is 208 g/mol. The molecule has 1 aliphatic heterocycles. The molecule has 0 radical (unpaired) electrons. The van der Waals surface area contributed by atoms with E-state index in [0.717, 1.165) is 0 Å². The predicted molar refractivity (Wildman–Crippen MR) is 56.9 cm³/mol. The van der Waals surface area contributed by atoms with E-state index < -0.39 is 0 Å². The number of hydrogen-bond donors (Lipinski definition) is 1. The number of nitrogens with one attached hydrogen (secondary N) is 1. The van der Waals surface area contributed by atoms with Crippen molar-refractivity contribution >= 4 is 11.8 Å². The molecule has 0 aromatic heterocycles. The number of hydrogen-bond acceptors (Lipinski definition) is 2. The van der Waals surface area contributed by atoms with E-state index in [-0.39, 0.29) is 24.4 Å². The van der Waals surface area contributed by atoms with E-state index >= 15 is 0 Å². The fourth-order valence-electron chi connectivity index (χ4n) is 1.69. The van der Waals surface area contributed by atoms with Gasteiger partial charge in [-0.15, -0.1) is 11.8 Å². The van der Waals surface area contributed by atoms with Crippen LogP contribution in [0.4, 0.5) is 0 Å². The molecule has 0 aromatic carbocycles. The third kappa shape index (κ3) is 2.72. The number of carbonyl (C=O) groups excluding carboxylic acids is 2. The Morgan fingerprint density at radius 2 is 2.27 bits per heavy atom. The van der Waals surface area contributed by atoms with Crippen molar-refractivity contribution in [1.29, 1.82) is 0 Å². The molecule has 4 heteroatoms. The smallest absolute Gasteiger partial charge is 0.243 e. The van der Waals surface area contributed by atoms with E-state index in [1.807, 2.05) is 6.92 Å². The minimum absolute atomic E-state index is 0.0145. The summed E-state index contributed by atoms with van der Waals surface area (Å²) in [6.07, 6.45) is 1.28. The number of carbonyl (C=O) groups is 2. The van der Waals surface area contributed by atoms with Gasteiger partial charge in [0.05, 0.1) is 6.54 Å². The fraction of sp³-hybridized carbons (Fsp3) is 0.636. The molecule has 1 heterocycles. The molecule has 1 unspecified atom stereocenters. The lowest BCUT2D eigenvalue weighted by Gasteiger charge is -2.33. The minimum atomic E-state index is -0.315. The van der Waals surface area contributed by atoms with Crippen LogP contribution in [0.15, 0.2) is 0 Å². The van der Waals surface area contributed by atoms with Gasteiger partial charge in [-0.25, -0.2) is 0 Å². The van der Waals surface area contributed by atoms with E-state index in [2.05, 4.69) is 17.2 Å². The van der Waals surface area contributed by atoms with Crippen LogP contribution in [0.1, 0.15) is 26.7 Å². The molecule has 1 N–H and O–H groups in total. The Balaban J connectivity index is 2.64. The minimum Gasteiger partial charge on any atom is -0.345 e. The summed E-state index contributed by atoms with van der Waals surface area (Å²) in [5.41, 5.74) is 0. The van der Waals surface area contributed by atoms with Crippen molar-refractivity contribution < 1.29 is 9.59 Å². The van der Waals surface area contributed by atoms with Gasteiger partial charge in [-0.2, -0.15) is 0 Å². The SMILES string of the molecule is CC#CCCN1C(=O)CNC(=O)C1CC. The van der Waals surface area contributed by atoms with Gasteiger partial charge in [-0.1, -0.05) is 6.92 Å². The van der Waals surface area contributed by atoms with Gasteiger partial charge in [0, 0.05) is 13.0 Å². The zero-order valence-electron chi connectivity index (χ0n) is 9.17. The summed E-state index contributed by atoms with van der Waals surface area (Å²) in [5.74, 6) is 5.61. The Bertz CT molecular complexity index is 314. The van der Waals surface area contributed by atoms with Crippen LogP contribution >= 0.6 is 0 Å². The molecular formula is C11H16N2O2. The lowest BCUT2D eigenvalue weighted by Crippen LogP contribution is -2.58. The summed E-state index contributed by atoms with van der Waals surface area (Å²) in [6.45, 7) is 4.34. The van der Waals surface area contributed by atoms with E-state index in [0.29, 0.717) is 19.4 Å². The molecular weight excluding hydrogens is 192 g/mol. The van der Waals surface area contributed by atoms with Gasteiger partial charge in [-0.05, 0) is 13.3 Å². The summed E-state index contributed by atoms with van der Waals surface area (Å²) in [7, 11) is 0. The third-order valence-electron chi connectivity index (χ3n) is 2.45. The van der Waals surface area contributed by atoms with Crippen LogP contribution in [0.3, 0.4) is 0 Å². The maximum Gasteiger partial charge on any atom is 0.243 e. The van der Waals surface area contributed by atoms with Crippen molar-refractivity contribution in [3.63, 3.8) is 0 Å². The van der Waals surface area contributed by atoms with Crippen molar-refractivity contribution in [1.82, 2.24) is 10.2 Å². The van der Waals surface area contributed by atoms with Crippen molar-refractivity contribution in [3.05, 3.63) is 0 Å². The van der Waals surface area contributed by atoms with Crippen molar-refractivity contribution in [2.75, 3.05) is 13.1 Å². The highest BCUT2D eigenvalue weighted by Gasteiger charge is 2.32. The Morgan fingerprint density at radius 1 is 1.53 bits per heavy atom. The Hall–Kier alpha value is -1.50. The van der Waals surface area contributed by atoms with Gasteiger partial charge >= 0.3 is 0 Å². The average Bonchev–Trinajstić information content (AvgIpc) is 2.23. The molecule has 2 amide bonds. The molecule has 1 rings (SSSR count). The van der Waals surface area contributed by atoms with Crippen molar-refractivity contribution in [2.45, 2.75) is 32.7 Å². The summed E-state index contributed by atoms with van der Waals surface area (Å²) in [5, 5.41) is 2.59. The van der Waals surface area contributed by atoms with E-state index in [9.17, 15) is 9.59 Å². The number of nitrogens with zero attached hydrogens (tertiary/aromatic N) is 1. The molecule has 1 atom stereocenters. The van der Waals surface area contributed by atoms with Gasteiger partial charge in [-0.3, -0.25) is 9.59 Å². The fourth-order valence-corrected chi connectivity index (χ4v) is 1.69. The first-order chi connectivity index (χ1) is 7.20. The third-order valence-corrected chi connectivity index (χ3v) is 2.45. The normalized spacial score (nSPS) is 20.7. The van der Waals surface area contributed by atoms with Crippen LogP contribution in [-0.2, 0) is 9.59 Å². The maximum absolute atomic E-state index is 11.6. The number of piperazine rings is 1. The van der Waals surface area contributed by atoms with Gasteiger partial charge in [0.15, 0.2) is 0 Å². The Morgan fingerprint density at radius 3 is 2.87 bits per heavy atom. The molecule has 0 aromatic rings. The molecule has 0 aliphatic carbocycles. The topological polar surface area (TPSA) is 49.4 Å². The van der Waals surface area contributed by atoms with Crippen molar-refractivity contribution in [3.8, 4) is 11.8 Å². The summed E-state index contributed by atoms with van der Waals surface area (Å²) < 4.78 is 0. The molecule has 82 valence electrons. The van der Waals surface area contributed by atoms with Gasteiger partial charge in [0.25, 0.3) is 0 Å². The van der Waals surface area contributed by atoms with Gasteiger partial charge in [0.1, 0.15) is 6.04 Å². The first kappa shape index (κ1) is 11.6. The van der Waals surface area contributed by atoms with Gasteiger partial charge in [0.2, 0.25) is 11.8 Å². The predicted octanol–water partition coefficient (Wildman–Crippen LogP) is 0.137. The Labute approximate surface area is 90.0 Å². The van der Waals surface area contributed by atoms with Crippen LogP contribution in [0, 0.1) is 11.8 Å². The highest BCUT2D eigenvalue weighted by molar-refractivity contribution is 5.94. The summed E-state index contributed by atoms with van der Waals surface area (Å²) in [4.78, 5) is 24.7.